The van der Waals surface area contributed by atoms with Crippen molar-refractivity contribution in [3.05, 3.63) is 89.5 Å². The number of hydrogen-bond donors (Lipinski definition) is 9. The number of benzene rings is 3. The first kappa shape index (κ1) is 48.2. The van der Waals surface area contributed by atoms with Gasteiger partial charge in [-0.15, -0.1) is 0 Å². The molecule has 0 saturated heterocycles. The van der Waals surface area contributed by atoms with Crippen LogP contribution in [-0.2, 0) is 25.0 Å². The van der Waals surface area contributed by atoms with Crippen LogP contribution in [0.2, 0.25) is 0 Å². The predicted molar refractivity (Wildman–Crippen MR) is 203 cm³/mol. The van der Waals surface area contributed by atoms with Gasteiger partial charge in [0.2, 0.25) is 0 Å². The summed E-state index contributed by atoms with van der Waals surface area (Å²) in [6.07, 6.45) is 4.83. The maximum atomic E-state index is 11.4. The van der Waals surface area contributed by atoms with Crippen molar-refractivity contribution in [2.45, 2.75) is 39.0 Å². The Kier molecular flexibility index (Phi) is 24.5. The molecule has 0 aromatic heterocycles. The number of nitrogen functional groups attached to an aromatic ring is 3. The highest BCUT2D eigenvalue weighted by molar-refractivity contribution is 7.86. The van der Waals surface area contributed by atoms with Gasteiger partial charge in [-0.3, -0.25) is 19.9 Å². The van der Waals surface area contributed by atoms with E-state index in [1.54, 1.807) is 48.5 Å². The van der Waals surface area contributed by atoms with E-state index in [4.69, 9.17) is 61.5 Å². The van der Waals surface area contributed by atoms with Gasteiger partial charge in [-0.25, -0.2) is 4.79 Å². The van der Waals surface area contributed by atoms with E-state index in [2.05, 4.69) is 6.92 Å². The number of hydrogen-bond acceptors (Lipinski definition) is 13. The summed E-state index contributed by atoms with van der Waals surface area (Å²) in [5.41, 5.74) is 18.9. The number of nitrogens with one attached hydrogen (secondary N) is 2. The molecule has 53 heavy (non-hydrogen) atoms. The molecule has 17 nitrogen and oxygen atoms in total. The van der Waals surface area contributed by atoms with Crippen molar-refractivity contribution in [3.8, 4) is 11.5 Å². The highest BCUT2D eigenvalue weighted by Gasteiger charge is 2.05. The Balaban J connectivity index is 0.000000805. The molecule has 19 heteroatoms. The van der Waals surface area contributed by atoms with Crippen molar-refractivity contribution in [1.82, 2.24) is 0 Å². The maximum absolute atomic E-state index is 11.4. The Labute approximate surface area is 310 Å². The van der Waals surface area contributed by atoms with Gasteiger partial charge in [-0.2, -0.15) is 16.8 Å². The standard InChI is InChI=1S/C19H24N4O2.C11H15NO2.2C2H6O4S/c20-18(21)14-4-8-16(9-5-14)24-12-2-1-3-13-25-17-10-6-15(7-11-17)19(22)23;1-2-3-8-14-11(13)9-4-6-10(12)7-5-9;2*3-1-2-7(4,5)6/h4-11H,1-3,12-13H2,(H3,20,21)(H3,22,23);4-7H,2-3,8,12H2,1H3;2*3H,1-2H2,(H,4,5,6). The first-order valence-corrected chi connectivity index (χ1v) is 19.4. The molecule has 0 atom stereocenters. The Morgan fingerprint density at radius 1 is 0.623 bits per heavy atom. The summed E-state index contributed by atoms with van der Waals surface area (Å²) in [4.78, 5) is 11.4. The van der Waals surface area contributed by atoms with E-state index in [0.717, 1.165) is 43.6 Å². The van der Waals surface area contributed by atoms with Crippen molar-refractivity contribution in [2.75, 3.05) is 50.3 Å². The zero-order valence-corrected chi connectivity index (χ0v) is 31.1. The van der Waals surface area contributed by atoms with E-state index in [0.29, 0.717) is 42.2 Å². The summed E-state index contributed by atoms with van der Waals surface area (Å²) >= 11 is 0. The molecule has 12 N–H and O–H groups in total. The fraction of sp³-hybridized carbons (Fsp3) is 0.382. The van der Waals surface area contributed by atoms with Gasteiger partial charge in [-0.1, -0.05) is 13.3 Å². The second-order valence-corrected chi connectivity index (χ2v) is 13.9. The minimum Gasteiger partial charge on any atom is -0.494 e. The Morgan fingerprint density at radius 3 is 1.30 bits per heavy atom. The van der Waals surface area contributed by atoms with Crippen LogP contribution in [0.5, 0.6) is 11.5 Å². The molecule has 0 bridgehead atoms. The summed E-state index contributed by atoms with van der Waals surface area (Å²) in [6, 6.07) is 21.1. The van der Waals surface area contributed by atoms with E-state index >= 15 is 0 Å². The molecule has 3 aromatic carbocycles. The predicted octanol–water partition coefficient (Wildman–Crippen LogP) is 2.84. The zero-order valence-electron chi connectivity index (χ0n) is 29.5. The maximum Gasteiger partial charge on any atom is 0.338 e. The lowest BCUT2D eigenvalue weighted by Crippen LogP contribution is -2.10. The minimum atomic E-state index is -3.92. The lowest BCUT2D eigenvalue weighted by Gasteiger charge is -2.08. The van der Waals surface area contributed by atoms with Gasteiger partial charge in [0.25, 0.3) is 20.2 Å². The number of aliphatic hydroxyl groups is 2. The quantitative estimate of drug-likeness (QED) is 0.0224. The summed E-state index contributed by atoms with van der Waals surface area (Å²) in [6.45, 7) is 2.77. The molecule has 0 amide bonds. The highest BCUT2D eigenvalue weighted by atomic mass is 32.2. The number of aliphatic hydroxyl groups excluding tert-OH is 2. The van der Waals surface area contributed by atoms with E-state index in [9.17, 15) is 21.6 Å². The third-order valence-electron chi connectivity index (χ3n) is 6.23. The average Bonchev–Trinajstić information content (AvgIpc) is 3.08. The molecule has 0 unspecified atom stereocenters. The minimum absolute atomic E-state index is 0.0579. The topological polar surface area (TPSA) is 320 Å². The number of carbonyl (C=O) groups is 1. The highest BCUT2D eigenvalue weighted by Crippen LogP contribution is 2.14. The molecule has 0 spiro atoms. The van der Waals surface area contributed by atoms with Crippen LogP contribution in [-0.4, -0.2) is 98.3 Å². The van der Waals surface area contributed by atoms with Crippen LogP contribution in [0.3, 0.4) is 0 Å². The molecule has 3 aromatic rings. The summed E-state index contributed by atoms with van der Waals surface area (Å²) in [5, 5.41) is 30.4. The van der Waals surface area contributed by atoms with Crippen molar-refractivity contribution in [2.24, 2.45) is 11.5 Å². The number of esters is 1. The molecule has 0 fully saturated rings. The first-order chi connectivity index (χ1) is 24.9. The van der Waals surface area contributed by atoms with Crippen molar-refractivity contribution in [3.63, 3.8) is 0 Å². The van der Waals surface area contributed by atoms with Crippen LogP contribution in [0.25, 0.3) is 0 Å². The van der Waals surface area contributed by atoms with Gasteiger partial charge in [0.1, 0.15) is 23.2 Å². The number of carbonyl (C=O) groups excluding carboxylic acids is 1. The van der Waals surface area contributed by atoms with Crippen molar-refractivity contribution in [1.29, 1.82) is 10.8 Å². The summed E-state index contributed by atoms with van der Waals surface area (Å²) < 4.78 is 70.5. The van der Waals surface area contributed by atoms with Gasteiger partial charge in [-0.05, 0) is 98.5 Å². The SMILES string of the molecule is CCCCOC(=O)c1ccc(N)cc1.N=C(N)c1ccc(OCCCCCOc2ccc(C(=N)N)cc2)cc1.O=S(=O)(O)CCO.O=S(=O)(O)CCO. The number of nitrogens with two attached hydrogens (primary N) is 3. The summed E-state index contributed by atoms with van der Waals surface area (Å²) in [7, 11) is -7.85. The second kappa shape index (κ2) is 26.9. The van der Waals surface area contributed by atoms with Crippen molar-refractivity contribution < 1.29 is 55.2 Å². The van der Waals surface area contributed by atoms with Crippen LogP contribution >= 0.6 is 0 Å². The Bertz CT molecular complexity index is 1610. The number of ether oxygens (including phenoxy) is 3. The molecule has 0 aliphatic rings. The van der Waals surface area contributed by atoms with E-state index in [1.807, 2.05) is 24.3 Å². The first-order valence-electron chi connectivity index (χ1n) is 16.2. The van der Waals surface area contributed by atoms with Gasteiger partial charge in [0.05, 0.1) is 50.1 Å². The second-order valence-electron chi connectivity index (χ2n) is 10.8. The van der Waals surface area contributed by atoms with E-state index in [-0.39, 0.29) is 17.6 Å². The molecule has 3 rings (SSSR count). The van der Waals surface area contributed by atoms with Gasteiger partial charge in [0, 0.05) is 16.8 Å². The lowest BCUT2D eigenvalue weighted by atomic mass is 10.2. The van der Waals surface area contributed by atoms with Gasteiger partial charge >= 0.3 is 5.97 Å². The number of anilines is 1. The third-order valence-corrected chi connectivity index (χ3v) is 7.63. The monoisotopic (exact) mass is 785 g/mol. The molecule has 296 valence electrons. The smallest absolute Gasteiger partial charge is 0.338 e. The van der Waals surface area contributed by atoms with Crippen LogP contribution in [0.1, 0.15) is 60.5 Å². The largest absolute Gasteiger partial charge is 0.494 e. The fourth-order valence-corrected chi connectivity index (χ4v) is 3.93. The molecular formula is C34H51N5O12S2. The molecule has 0 radical (unpaired) electrons. The zero-order chi connectivity index (χ0) is 40.3. The van der Waals surface area contributed by atoms with Crippen LogP contribution in [0.4, 0.5) is 5.69 Å². The van der Waals surface area contributed by atoms with Crippen LogP contribution in [0.15, 0.2) is 72.8 Å². The molecular weight excluding hydrogens is 735 g/mol. The van der Waals surface area contributed by atoms with E-state index in [1.165, 1.54) is 0 Å². The summed E-state index contributed by atoms with van der Waals surface area (Å²) in [5.74, 6) is 0.252. The molecule has 0 saturated carbocycles. The van der Waals surface area contributed by atoms with Crippen LogP contribution in [0, 0.1) is 10.8 Å². The normalized spacial score (nSPS) is 10.5. The molecule has 0 aliphatic carbocycles. The number of rotatable bonds is 18. The van der Waals surface area contributed by atoms with Crippen molar-refractivity contribution >= 4 is 43.6 Å². The number of unbranched alkanes of at least 4 members (excludes halogenated alkanes) is 3. The number of amidine groups is 2. The molecule has 0 heterocycles. The van der Waals surface area contributed by atoms with Gasteiger partial charge in [0.15, 0.2) is 0 Å². The third kappa shape index (κ3) is 26.6. The fourth-order valence-electron chi connectivity index (χ4n) is 3.46. The Morgan fingerprint density at radius 2 is 1.00 bits per heavy atom. The van der Waals surface area contributed by atoms with Gasteiger partial charge < -0.3 is 41.6 Å². The average molecular weight is 786 g/mol. The van der Waals surface area contributed by atoms with E-state index < -0.39 is 45.0 Å². The molecule has 0 aliphatic heterocycles. The lowest BCUT2D eigenvalue weighted by molar-refractivity contribution is 0.0499. The Hall–Kier alpha value is -4.79. The van der Waals surface area contributed by atoms with Crippen LogP contribution < -0.4 is 26.7 Å².